The highest BCUT2D eigenvalue weighted by molar-refractivity contribution is 5.85. The molecule has 0 aliphatic carbocycles. The number of nitrogens with one attached hydrogen (secondary N) is 2. The monoisotopic (exact) mass is 254 g/mol. The van der Waals surface area contributed by atoms with Gasteiger partial charge in [0.1, 0.15) is 0 Å². The molecule has 0 radical (unpaired) electrons. The smallest absolute Gasteiger partial charge is 0.358 e. The molecular weight excluding hydrogens is 241 g/mol. The molecule has 1 saturated heterocycles. The Morgan fingerprint density at radius 3 is 2.61 bits per heavy atom. The highest BCUT2D eigenvalue weighted by atomic mass is 19.4. The van der Waals surface area contributed by atoms with Gasteiger partial charge < -0.3 is 10.3 Å². The molecule has 1 aliphatic rings. The largest absolute Gasteiger partial charge is 0.418 e. The molecule has 1 fully saturated rings. The summed E-state index contributed by atoms with van der Waals surface area (Å²) in [4.78, 5) is 2.95. The van der Waals surface area contributed by atoms with Crippen LogP contribution in [0.2, 0.25) is 0 Å². The molecule has 3 rings (SSSR count). The van der Waals surface area contributed by atoms with Crippen LogP contribution in [-0.4, -0.2) is 18.1 Å². The highest BCUT2D eigenvalue weighted by Gasteiger charge is 2.39. The molecule has 0 amide bonds. The first kappa shape index (κ1) is 11.6. The molecule has 1 aliphatic heterocycles. The minimum absolute atomic E-state index is 0.0750. The molecule has 2 N–H and O–H groups in total. The molecule has 2 heterocycles. The lowest BCUT2D eigenvalue weighted by atomic mass is 9.99. The maximum absolute atomic E-state index is 13.2. The van der Waals surface area contributed by atoms with Gasteiger partial charge in [-0.2, -0.15) is 13.2 Å². The Bertz CT molecular complexity index is 565. The quantitative estimate of drug-likeness (QED) is 0.803. The van der Waals surface area contributed by atoms with E-state index in [0.717, 1.165) is 13.0 Å². The number of para-hydroxylation sites is 1. The van der Waals surface area contributed by atoms with Crippen molar-refractivity contribution in [2.75, 3.05) is 13.1 Å². The Morgan fingerprint density at radius 2 is 1.94 bits per heavy atom. The average molecular weight is 254 g/mol. The predicted octanol–water partition coefficient (Wildman–Crippen LogP) is 3.26. The van der Waals surface area contributed by atoms with Crippen molar-refractivity contribution in [1.82, 2.24) is 10.3 Å². The van der Waals surface area contributed by atoms with Crippen molar-refractivity contribution in [3.63, 3.8) is 0 Å². The third-order valence-electron chi connectivity index (χ3n) is 3.49. The van der Waals surface area contributed by atoms with Gasteiger partial charge >= 0.3 is 6.18 Å². The van der Waals surface area contributed by atoms with Gasteiger partial charge in [-0.25, -0.2) is 0 Å². The molecule has 96 valence electrons. The predicted molar refractivity (Wildman–Crippen MR) is 63.5 cm³/mol. The SMILES string of the molecule is FC(F)(F)c1c(C2CCNC2)[nH]c2ccccc12. The molecule has 1 aromatic heterocycles. The van der Waals surface area contributed by atoms with Gasteiger partial charge in [0.2, 0.25) is 0 Å². The van der Waals surface area contributed by atoms with Gasteiger partial charge in [0.25, 0.3) is 0 Å². The molecule has 1 atom stereocenters. The fourth-order valence-electron chi connectivity index (χ4n) is 2.68. The minimum Gasteiger partial charge on any atom is -0.358 e. The van der Waals surface area contributed by atoms with E-state index in [1.165, 1.54) is 6.07 Å². The number of hydrogen-bond donors (Lipinski definition) is 2. The van der Waals surface area contributed by atoms with Gasteiger partial charge in [-0.3, -0.25) is 0 Å². The van der Waals surface area contributed by atoms with Crippen molar-refractivity contribution in [3.05, 3.63) is 35.5 Å². The van der Waals surface area contributed by atoms with E-state index in [0.29, 0.717) is 17.8 Å². The molecule has 0 spiro atoms. The number of aromatic amines is 1. The second kappa shape index (κ2) is 4.02. The first-order valence-electron chi connectivity index (χ1n) is 5.96. The normalized spacial score (nSPS) is 20.7. The van der Waals surface area contributed by atoms with Crippen molar-refractivity contribution in [2.24, 2.45) is 0 Å². The van der Waals surface area contributed by atoms with Gasteiger partial charge in [0, 0.05) is 29.1 Å². The van der Waals surface area contributed by atoms with Crippen LogP contribution in [0.3, 0.4) is 0 Å². The van der Waals surface area contributed by atoms with Crippen molar-refractivity contribution in [3.8, 4) is 0 Å². The number of rotatable bonds is 1. The summed E-state index contributed by atoms with van der Waals surface area (Å²) in [7, 11) is 0. The van der Waals surface area contributed by atoms with E-state index in [4.69, 9.17) is 0 Å². The third-order valence-corrected chi connectivity index (χ3v) is 3.49. The van der Waals surface area contributed by atoms with Crippen molar-refractivity contribution >= 4 is 10.9 Å². The third kappa shape index (κ3) is 1.79. The summed E-state index contributed by atoms with van der Waals surface area (Å²) in [5, 5.41) is 3.38. The van der Waals surface area contributed by atoms with E-state index in [1.807, 2.05) is 0 Å². The number of aromatic nitrogens is 1. The van der Waals surface area contributed by atoms with Crippen molar-refractivity contribution in [1.29, 1.82) is 0 Å². The van der Waals surface area contributed by atoms with Gasteiger partial charge in [-0.05, 0) is 19.0 Å². The summed E-state index contributed by atoms with van der Waals surface area (Å²) >= 11 is 0. The maximum atomic E-state index is 13.2. The Labute approximate surface area is 102 Å². The van der Waals surface area contributed by atoms with Crippen LogP contribution in [0.15, 0.2) is 24.3 Å². The summed E-state index contributed by atoms with van der Waals surface area (Å²) in [6.07, 6.45) is -3.56. The van der Waals surface area contributed by atoms with E-state index in [9.17, 15) is 13.2 Å². The zero-order chi connectivity index (χ0) is 12.8. The van der Waals surface area contributed by atoms with Crippen molar-refractivity contribution in [2.45, 2.75) is 18.5 Å². The van der Waals surface area contributed by atoms with E-state index >= 15 is 0 Å². The first-order valence-corrected chi connectivity index (χ1v) is 5.96. The molecule has 5 heteroatoms. The van der Waals surface area contributed by atoms with Crippen LogP contribution in [0.25, 0.3) is 10.9 Å². The van der Waals surface area contributed by atoms with Crippen LogP contribution < -0.4 is 5.32 Å². The molecule has 1 aromatic carbocycles. The Hall–Kier alpha value is -1.49. The lowest BCUT2D eigenvalue weighted by Gasteiger charge is -2.12. The molecule has 0 saturated carbocycles. The van der Waals surface area contributed by atoms with Gasteiger partial charge in [-0.1, -0.05) is 18.2 Å². The van der Waals surface area contributed by atoms with E-state index in [1.54, 1.807) is 18.2 Å². The molecule has 0 bridgehead atoms. The topological polar surface area (TPSA) is 27.8 Å². The van der Waals surface area contributed by atoms with Gasteiger partial charge in [-0.15, -0.1) is 0 Å². The first-order chi connectivity index (χ1) is 8.57. The zero-order valence-corrected chi connectivity index (χ0v) is 9.64. The van der Waals surface area contributed by atoms with Crippen molar-refractivity contribution < 1.29 is 13.2 Å². The molecule has 18 heavy (non-hydrogen) atoms. The lowest BCUT2D eigenvalue weighted by molar-refractivity contribution is -0.137. The van der Waals surface area contributed by atoms with Gasteiger partial charge in [0.05, 0.1) is 5.56 Å². The molecular formula is C13H13F3N2. The summed E-state index contributed by atoms with van der Waals surface area (Å²) < 4.78 is 39.7. The summed E-state index contributed by atoms with van der Waals surface area (Å²) in [6.45, 7) is 1.38. The van der Waals surface area contributed by atoms with Crippen LogP contribution >= 0.6 is 0 Å². The fourth-order valence-corrected chi connectivity index (χ4v) is 2.68. The van der Waals surface area contributed by atoms with Gasteiger partial charge in [0.15, 0.2) is 0 Å². The number of hydrogen-bond acceptors (Lipinski definition) is 1. The summed E-state index contributed by atoms with van der Waals surface area (Å²) in [6, 6.07) is 6.61. The molecule has 2 nitrogen and oxygen atoms in total. The van der Waals surface area contributed by atoms with Crippen LogP contribution in [0.4, 0.5) is 13.2 Å². The fraction of sp³-hybridized carbons (Fsp3) is 0.385. The molecule has 2 aromatic rings. The second-order valence-corrected chi connectivity index (χ2v) is 4.65. The molecule has 1 unspecified atom stereocenters. The minimum atomic E-state index is -4.31. The number of H-pyrrole nitrogens is 1. The van der Waals surface area contributed by atoms with E-state index in [-0.39, 0.29) is 11.3 Å². The van der Waals surface area contributed by atoms with Crippen LogP contribution in [0.5, 0.6) is 0 Å². The Kier molecular flexibility index (Phi) is 2.59. The summed E-state index contributed by atoms with van der Waals surface area (Å²) in [5.41, 5.74) is 0.396. The number of halogens is 3. The van der Waals surface area contributed by atoms with Crippen LogP contribution in [-0.2, 0) is 6.18 Å². The second-order valence-electron chi connectivity index (χ2n) is 4.65. The standard InChI is InChI=1S/C13H13F3N2/c14-13(15,16)11-9-3-1-2-4-10(9)18-12(11)8-5-6-17-7-8/h1-4,8,17-18H,5-7H2. The average Bonchev–Trinajstić information content (AvgIpc) is 2.94. The van der Waals surface area contributed by atoms with E-state index in [2.05, 4.69) is 10.3 Å². The highest BCUT2D eigenvalue weighted by Crippen LogP contribution is 2.41. The summed E-state index contributed by atoms with van der Waals surface area (Å²) in [5.74, 6) is -0.0750. The number of benzene rings is 1. The number of alkyl halides is 3. The zero-order valence-electron chi connectivity index (χ0n) is 9.64. The maximum Gasteiger partial charge on any atom is 0.418 e. The Balaban J connectivity index is 2.23. The van der Waals surface area contributed by atoms with E-state index < -0.39 is 11.7 Å². The lowest BCUT2D eigenvalue weighted by Crippen LogP contribution is -2.13. The van der Waals surface area contributed by atoms with Crippen LogP contribution in [0.1, 0.15) is 23.6 Å². The Morgan fingerprint density at radius 1 is 1.17 bits per heavy atom. The number of fused-ring (bicyclic) bond motifs is 1. The van der Waals surface area contributed by atoms with Crippen LogP contribution in [0, 0.1) is 0 Å².